The predicted octanol–water partition coefficient (Wildman–Crippen LogP) is 1.62. The predicted molar refractivity (Wildman–Crippen MR) is 98.1 cm³/mol. The van der Waals surface area contributed by atoms with E-state index in [4.69, 9.17) is 0 Å². The molecule has 0 spiro atoms. The van der Waals surface area contributed by atoms with Crippen molar-refractivity contribution >= 4 is 23.3 Å². The van der Waals surface area contributed by atoms with E-state index in [1.165, 1.54) is 0 Å². The second kappa shape index (κ2) is 7.11. The van der Waals surface area contributed by atoms with Crippen molar-refractivity contribution < 1.29 is 9.59 Å². The summed E-state index contributed by atoms with van der Waals surface area (Å²) in [7, 11) is 0. The van der Waals surface area contributed by atoms with Crippen LogP contribution in [-0.4, -0.2) is 41.4 Å². The Morgan fingerprint density at radius 3 is 3.00 bits per heavy atom. The van der Waals surface area contributed by atoms with Crippen LogP contribution in [0.5, 0.6) is 0 Å². The van der Waals surface area contributed by atoms with Crippen molar-refractivity contribution in [1.29, 1.82) is 0 Å². The zero-order valence-corrected chi connectivity index (χ0v) is 14.4. The highest BCUT2D eigenvalue weighted by Gasteiger charge is 2.31. The molecule has 26 heavy (non-hydrogen) atoms. The lowest BCUT2D eigenvalue weighted by Gasteiger charge is -2.29. The van der Waals surface area contributed by atoms with E-state index < -0.39 is 0 Å². The van der Waals surface area contributed by atoms with Crippen LogP contribution in [0.3, 0.4) is 0 Å². The standard InChI is InChI=1S/C19H21N5O2/c25-17-11-23-18-16(24(17)12-14-3-4-14)8-15(10-22-18)19(26)21-7-5-13-2-1-6-20-9-13/h1-2,6,8-10,14H,3-5,7,11-12H2,(H,21,26)(H,22,23). The number of pyridine rings is 2. The van der Waals surface area contributed by atoms with Gasteiger partial charge < -0.3 is 15.5 Å². The van der Waals surface area contributed by atoms with E-state index in [2.05, 4.69) is 20.6 Å². The molecule has 2 aromatic rings. The first-order valence-electron chi connectivity index (χ1n) is 8.92. The summed E-state index contributed by atoms with van der Waals surface area (Å²) in [6, 6.07) is 5.61. The summed E-state index contributed by atoms with van der Waals surface area (Å²) >= 11 is 0. The second-order valence-corrected chi connectivity index (χ2v) is 6.76. The Hall–Kier alpha value is -2.96. The maximum absolute atomic E-state index is 12.5. The van der Waals surface area contributed by atoms with Gasteiger partial charge in [0.15, 0.2) is 0 Å². The van der Waals surface area contributed by atoms with Crippen molar-refractivity contribution in [2.45, 2.75) is 19.3 Å². The summed E-state index contributed by atoms with van der Waals surface area (Å²) in [6.45, 7) is 1.48. The van der Waals surface area contributed by atoms with Crippen LogP contribution in [0.1, 0.15) is 28.8 Å². The zero-order valence-electron chi connectivity index (χ0n) is 14.4. The summed E-state index contributed by atoms with van der Waals surface area (Å²) in [5.41, 5.74) is 2.24. The van der Waals surface area contributed by atoms with Gasteiger partial charge in [0.1, 0.15) is 5.82 Å². The molecular weight excluding hydrogens is 330 g/mol. The van der Waals surface area contributed by atoms with Crippen molar-refractivity contribution in [2.75, 3.05) is 29.9 Å². The van der Waals surface area contributed by atoms with Gasteiger partial charge in [0, 0.05) is 31.7 Å². The third kappa shape index (κ3) is 3.66. The van der Waals surface area contributed by atoms with Gasteiger partial charge in [0.25, 0.3) is 5.91 Å². The Morgan fingerprint density at radius 2 is 2.23 bits per heavy atom. The van der Waals surface area contributed by atoms with Gasteiger partial charge in [-0.2, -0.15) is 0 Å². The maximum Gasteiger partial charge on any atom is 0.252 e. The van der Waals surface area contributed by atoms with Crippen molar-refractivity contribution in [3.05, 3.63) is 47.9 Å². The Bertz CT molecular complexity index is 820. The van der Waals surface area contributed by atoms with E-state index in [-0.39, 0.29) is 18.4 Å². The topological polar surface area (TPSA) is 87.2 Å². The third-order valence-electron chi connectivity index (χ3n) is 4.69. The van der Waals surface area contributed by atoms with Crippen LogP contribution < -0.4 is 15.5 Å². The van der Waals surface area contributed by atoms with Gasteiger partial charge in [0.2, 0.25) is 5.91 Å². The summed E-state index contributed by atoms with van der Waals surface area (Å²) in [4.78, 5) is 34.9. The Balaban J connectivity index is 1.44. The van der Waals surface area contributed by atoms with Crippen LogP contribution in [0.2, 0.25) is 0 Å². The number of carbonyl (C=O) groups excluding carboxylic acids is 2. The Kier molecular flexibility index (Phi) is 4.51. The first kappa shape index (κ1) is 16.5. The molecular formula is C19H21N5O2. The van der Waals surface area contributed by atoms with Crippen LogP contribution in [0.4, 0.5) is 11.5 Å². The molecule has 0 aromatic carbocycles. The highest BCUT2D eigenvalue weighted by Crippen LogP contribution is 2.35. The number of hydrogen-bond acceptors (Lipinski definition) is 5. The van der Waals surface area contributed by atoms with Crippen molar-refractivity contribution in [2.24, 2.45) is 5.92 Å². The molecule has 2 aromatic heterocycles. The van der Waals surface area contributed by atoms with Gasteiger partial charge in [-0.05, 0) is 42.9 Å². The molecule has 0 radical (unpaired) electrons. The number of anilines is 2. The number of hydrogen-bond donors (Lipinski definition) is 2. The molecule has 1 saturated carbocycles. The fraction of sp³-hybridized carbons (Fsp3) is 0.368. The summed E-state index contributed by atoms with van der Waals surface area (Å²) < 4.78 is 0. The third-order valence-corrected chi connectivity index (χ3v) is 4.69. The van der Waals surface area contributed by atoms with Crippen molar-refractivity contribution in [1.82, 2.24) is 15.3 Å². The van der Waals surface area contributed by atoms with Crippen LogP contribution in [-0.2, 0) is 11.2 Å². The number of fused-ring (bicyclic) bond motifs is 1. The Morgan fingerprint density at radius 1 is 1.35 bits per heavy atom. The average molecular weight is 351 g/mol. The summed E-state index contributed by atoms with van der Waals surface area (Å²) in [5, 5.41) is 5.93. The van der Waals surface area contributed by atoms with E-state index >= 15 is 0 Å². The molecule has 0 atom stereocenters. The molecule has 0 unspecified atom stereocenters. The van der Waals surface area contributed by atoms with Gasteiger partial charge in [0.05, 0.1) is 17.8 Å². The monoisotopic (exact) mass is 351 g/mol. The fourth-order valence-electron chi connectivity index (χ4n) is 3.04. The number of aromatic nitrogens is 2. The zero-order chi connectivity index (χ0) is 17.9. The molecule has 2 aliphatic rings. The molecule has 3 heterocycles. The van der Waals surface area contributed by atoms with Gasteiger partial charge in [-0.15, -0.1) is 0 Å². The smallest absolute Gasteiger partial charge is 0.252 e. The normalized spacial score (nSPS) is 16.0. The molecule has 1 fully saturated rings. The molecule has 7 nitrogen and oxygen atoms in total. The van der Waals surface area contributed by atoms with Crippen molar-refractivity contribution in [3.8, 4) is 0 Å². The number of amides is 2. The fourth-order valence-corrected chi connectivity index (χ4v) is 3.04. The number of carbonyl (C=O) groups is 2. The molecule has 1 aliphatic heterocycles. The number of nitrogens with zero attached hydrogens (tertiary/aromatic N) is 3. The number of rotatable bonds is 6. The second-order valence-electron chi connectivity index (χ2n) is 6.76. The molecule has 0 bridgehead atoms. The van der Waals surface area contributed by atoms with E-state index in [0.717, 1.165) is 18.4 Å². The Labute approximate surface area is 151 Å². The molecule has 1 aliphatic carbocycles. The summed E-state index contributed by atoms with van der Waals surface area (Å²) in [6.07, 6.45) is 8.11. The van der Waals surface area contributed by atoms with Gasteiger partial charge in [-0.25, -0.2) is 4.98 Å². The highest BCUT2D eigenvalue weighted by atomic mass is 16.2. The minimum absolute atomic E-state index is 0.0281. The van der Waals surface area contributed by atoms with E-state index in [1.807, 2.05) is 12.1 Å². The quantitative estimate of drug-likeness (QED) is 0.826. The van der Waals surface area contributed by atoms with Crippen molar-refractivity contribution in [3.63, 3.8) is 0 Å². The highest BCUT2D eigenvalue weighted by molar-refractivity contribution is 6.04. The molecule has 134 valence electrons. The molecule has 7 heteroatoms. The lowest BCUT2D eigenvalue weighted by molar-refractivity contribution is -0.117. The van der Waals surface area contributed by atoms with Crippen LogP contribution in [0.15, 0.2) is 36.8 Å². The lowest BCUT2D eigenvalue weighted by atomic mass is 10.1. The van der Waals surface area contributed by atoms with Gasteiger partial charge >= 0.3 is 0 Å². The van der Waals surface area contributed by atoms with Crippen LogP contribution >= 0.6 is 0 Å². The molecule has 2 amide bonds. The lowest BCUT2D eigenvalue weighted by Crippen LogP contribution is -2.41. The molecule has 4 rings (SSSR count). The van der Waals surface area contributed by atoms with Crippen LogP contribution in [0, 0.1) is 5.92 Å². The van der Waals surface area contributed by atoms with Gasteiger partial charge in [-0.1, -0.05) is 6.07 Å². The average Bonchev–Trinajstić information content (AvgIpc) is 3.49. The van der Waals surface area contributed by atoms with Gasteiger partial charge in [-0.3, -0.25) is 14.6 Å². The first-order valence-corrected chi connectivity index (χ1v) is 8.92. The SMILES string of the molecule is O=C(NCCc1cccnc1)c1cnc2c(c1)N(CC1CC1)C(=O)CN2. The minimum atomic E-state index is -0.186. The van der Waals surface area contributed by atoms with E-state index in [1.54, 1.807) is 29.6 Å². The van der Waals surface area contributed by atoms with Crippen LogP contribution in [0.25, 0.3) is 0 Å². The number of nitrogens with one attached hydrogen (secondary N) is 2. The maximum atomic E-state index is 12.5. The largest absolute Gasteiger partial charge is 0.359 e. The van der Waals surface area contributed by atoms with E-state index in [9.17, 15) is 9.59 Å². The molecule has 0 saturated heterocycles. The first-order chi connectivity index (χ1) is 12.7. The summed E-state index contributed by atoms with van der Waals surface area (Å²) in [5.74, 6) is 1.08. The van der Waals surface area contributed by atoms with E-state index in [0.29, 0.717) is 42.5 Å². The minimum Gasteiger partial charge on any atom is -0.359 e. The molecule has 2 N–H and O–H groups in total.